The highest BCUT2D eigenvalue weighted by Gasteiger charge is 2.47. The first-order valence-corrected chi connectivity index (χ1v) is 9.58. The second-order valence-corrected chi connectivity index (χ2v) is 7.76. The molecular weight excluding hydrogens is 417 g/mol. The van der Waals surface area contributed by atoms with Crippen LogP contribution >= 0.6 is 0 Å². The predicted octanol–water partition coefficient (Wildman–Crippen LogP) is 2.12. The molecule has 4 rings (SSSR count). The predicted molar refractivity (Wildman–Crippen MR) is 102 cm³/mol. The van der Waals surface area contributed by atoms with Gasteiger partial charge >= 0.3 is 6.18 Å². The third-order valence-corrected chi connectivity index (χ3v) is 5.39. The van der Waals surface area contributed by atoms with Crippen LogP contribution in [0.2, 0.25) is 0 Å². The normalized spacial score (nSPS) is 25.3. The highest BCUT2D eigenvalue weighted by Crippen LogP contribution is 2.42. The highest BCUT2D eigenvalue weighted by atomic mass is 19.4. The van der Waals surface area contributed by atoms with E-state index in [1.54, 1.807) is 36.2 Å². The Morgan fingerprint density at radius 2 is 2.13 bits per heavy atom. The van der Waals surface area contributed by atoms with Crippen LogP contribution in [0, 0.1) is 0 Å². The van der Waals surface area contributed by atoms with Crippen molar-refractivity contribution in [3.05, 3.63) is 47.5 Å². The molecule has 11 heteroatoms. The van der Waals surface area contributed by atoms with Crippen molar-refractivity contribution in [1.82, 2.24) is 15.3 Å². The lowest BCUT2D eigenvalue weighted by atomic mass is 9.96. The zero-order valence-electron chi connectivity index (χ0n) is 16.8. The van der Waals surface area contributed by atoms with Crippen LogP contribution in [0.25, 0.3) is 0 Å². The molecule has 0 radical (unpaired) electrons. The number of rotatable bonds is 3. The van der Waals surface area contributed by atoms with E-state index < -0.39 is 36.4 Å². The maximum absolute atomic E-state index is 13.0. The highest BCUT2D eigenvalue weighted by molar-refractivity contribution is 5.90. The number of aromatic nitrogens is 2. The molecule has 2 aliphatic rings. The number of nitrogens with one attached hydrogen (secondary N) is 1. The van der Waals surface area contributed by atoms with E-state index in [4.69, 9.17) is 9.47 Å². The van der Waals surface area contributed by atoms with Crippen molar-refractivity contribution in [2.75, 3.05) is 18.6 Å². The van der Waals surface area contributed by atoms with Gasteiger partial charge in [0, 0.05) is 18.8 Å². The van der Waals surface area contributed by atoms with Gasteiger partial charge in [0.2, 0.25) is 5.82 Å². The molecule has 166 valence electrons. The number of hydrogen-bond acceptors (Lipinski definition) is 7. The maximum Gasteiger partial charge on any atom is 0.392 e. The number of alkyl halides is 3. The summed E-state index contributed by atoms with van der Waals surface area (Å²) < 4.78 is 50.0. The molecule has 3 heterocycles. The average molecular weight is 438 g/mol. The molecule has 2 N–H and O–H groups in total. The Labute approximate surface area is 176 Å². The molecule has 0 bridgehead atoms. The van der Waals surface area contributed by atoms with Gasteiger partial charge in [-0.3, -0.25) is 4.79 Å². The molecule has 1 amide bonds. The van der Waals surface area contributed by atoms with E-state index in [0.717, 1.165) is 0 Å². The van der Waals surface area contributed by atoms with Crippen molar-refractivity contribution in [1.29, 1.82) is 0 Å². The van der Waals surface area contributed by atoms with Gasteiger partial charge in [0.15, 0.2) is 6.23 Å². The molecule has 31 heavy (non-hydrogen) atoms. The van der Waals surface area contributed by atoms with Gasteiger partial charge in [-0.25, -0.2) is 9.97 Å². The van der Waals surface area contributed by atoms with Crippen LogP contribution in [0.3, 0.4) is 0 Å². The van der Waals surface area contributed by atoms with E-state index in [1.807, 2.05) is 0 Å². The number of fused-ring (bicyclic) bond motifs is 2. The lowest BCUT2D eigenvalue weighted by molar-refractivity contribution is -0.185. The largest absolute Gasteiger partial charge is 0.489 e. The Kier molecular flexibility index (Phi) is 5.26. The summed E-state index contributed by atoms with van der Waals surface area (Å²) in [5.74, 6) is -0.500. The van der Waals surface area contributed by atoms with Gasteiger partial charge in [0.25, 0.3) is 5.91 Å². The lowest BCUT2D eigenvalue weighted by Crippen LogP contribution is -2.52. The number of aliphatic hydroxyl groups excluding tert-OH is 1. The first-order chi connectivity index (χ1) is 14.6. The third-order valence-electron chi connectivity index (χ3n) is 5.39. The van der Waals surface area contributed by atoms with E-state index >= 15 is 0 Å². The number of carbonyl (C=O) groups excluding carboxylic acids is 1. The Balaban J connectivity index is 1.54. The number of halogens is 3. The van der Waals surface area contributed by atoms with Gasteiger partial charge in [-0.2, -0.15) is 13.2 Å². The fraction of sp³-hybridized carbons (Fsp3) is 0.450. The number of benzene rings is 1. The van der Waals surface area contributed by atoms with Gasteiger partial charge in [-0.1, -0.05) is 12.1 Å². The fourth-order valence-electron chi connectivity index (χ4n) is 3.80. The minimum atomic E-state index is -4.47. The number of hydrogen-bond donors (Lipinski definition) is 2. The van der Waals surface area contributed by atoms with Crippen molar-refractivity contribution >= 4 is 11.6 Å². The first kappa shape index (κ1) is 21.3. The van der Waals surface area contributed by atoms with E-state index in [0.29, 0.717) is 17.0 Å². The number of aliphatic hydroxyl groups is 1. The maximum atomic E-state index is 13.0. The van der Waals surface area contributed by atoms with Crippen LogP contribution in [0.15, 0.2) is 30.5 Å². The topological polar surface area (TPSA) is 96.8 Å². The number of anilines is 1. The Bertz CT molecular complexity index is 1000. The summed E-state index contributed by atoms with van der Waals surface area (Å²) in [5.41, 5.74) is -0.609. The van der Waals surface area contributed by atoms with E-state index in [1.165, 1.54) is 13.1 Å². The summed E-state index contributed by atoms with van der Waals surface area (Å²) >= 11 is 0. The summed E-state index contributed by atoms with van der Waals surface area (Å²) in [6, 6.07) is 6.26. The number of carbonyl (C=O) groups is 1. The number of para-hydroxylation sites is 2. The van der Waals surface area contributed by atoms with E-state index in [9.17, 15) is 23.1 Å². The minimum Gasteiger partial charge on any atom is -0.489 e. The molecule has 0 fully saturated rings. The molecule has 0 spiro atoms. The summed E-state index contributed by atoms with van der Waals surface area (Å²) in [5, 5.41) is 13.3. The molecule has 0 saturated carbocycles. The standard InChI is InChI=1S/C20H21F3N4O4/c1-19(10-20(21,22)23)15-11(8-31-19)7-24-16(26-15)17(28)25-12-9-30-14-6-4-3-5-13(14)27(2)18(12)29/h3-7,12,18,29H,8-10H2,1-2H3,(H,25,28)/t12-,18?,19+/m0/s1. The van der Waals surface area contributed by atoms with E-state index in [2.05, 4.69) is 15.3 Å². The van der Waals surface area contributed by atoms with Crippen LogP contribution in [0.4, 0.5) is 18.9 Å². The molecule has 8 nitrogen and oxygen atoms in total. The SMILES string of the molecule is CN1c2ccccc2OC[C@H](NC(=O)c2ncc3c(n2)[C@@](C)(CC(F)(F)F)OC3)C1O. The van der Waals surface area contributed by atoms with Crippen LogP contribution < -0.4 is 15.0 Å². The number of nitrogens with zero attached hydrogens (tertiary/aromatic N) is 3. The van der Waals surface area contributed by atoms with Crippen molar-refractivity contribution in [2.45, 2.75) is 44.0 Å². The second kappa shape index (κ2) is 7.65. The van der Waals surface area contributed by atoms with Gasteiger partial charge in [0.1, 0.15) is 24.0 Å². The van der Waals surface area contributed by atoms with E-state index in [-0.39, 0.29) is 24.7 Å². The van der Waals surface area contributed by atoms with Crippen molar-refractivity contribution in [3.63, 3.8) is 0 Å². The lowest BCUT2D eigenvalue weighted by Gasteiger charge is -2.29. The van der Waals surface area contributed by atoms with Crippen LogP contribution in [-0.2, 0) is 16.9 Å². The molecule has 1 aromatic heterocycles. The Morgan fingerprint density at radius 3 is 2.87 bits per heavy atom. The molecule has 0 aliphatic carbocycles. The Hall–Kier alpha value is -2.92. The van der Waals surface area contributed by atoms with Crippen LogP contribution in [0.5, 0.6) is 5.75 Å². The average Bonchev–Trinajstić information content (AvgIpc) is 2.98. The van der Waals surface area contributed by atoms with Gasteiger partial charge < -0.3 is 24.8 Å². The van der Waals surface area contributed by atoms with Crippen molar-refractivity contribution in [2.24, 2.45) is 0 Å². The first-order valence-electron chi connectivity index (χ1n) is 9.58. The molecule has 3 atom stereocenters. The fourth-order valence-corrected chi connectivity index (χ4v) is 3.80. The smallest absolute Gasteiger partial charge is 0.392 e. The monoisotopic (exact) mass is 438 g/mol. The van der Waals surface area contributed by atoms with Gasteiger partial charge in [0.05, 0.1) is 24.4 Å². The molecule has 1 aromatic carbocycles. The quantitative estimate of drug-likeness (QED) is 0.758. The van der Waals surface area contributed by atoms with Gasteiger partial charge in [-0.15, -0.1) is 0 Å². The molecule has 2 aromatic rings. The van der Waals surface area contributed by atoms with Crippen LogP contribution in [0.1, 0.15) is 35.2 Å². The summed E-state index contributed by atoms with van der Waals surface area (Å²) in [6.07, 6.45) is -5.52. The number of ether oxygens (including phenoxy) is 2. The van der Waals surface area contributed by atoms with Crippen LogP contribution in [-0.4, -0.2) is 53.1 Å². The molecule has 0 saturated heterocycles. The molecule has 2 aliphatic heterocycles. The summed E-state index contributed by atoms with van der Waals surface area (Å²) in [7, 11) is 1.66. The number of amides is 1. The summed E-state index contributed by atoms with van der Waals surface area (Å²) in [4.78, 5) is 22.4. The molecule has 1 unspecified atom stereocenters. The van der Waals surface area contributed by atoms with Crippen molar-refractivity contribution < 1.29 is 32.5 Å². The second-order valence-electron chi connectivity index (χ2n) is 7.76. The number of likely N-dealkylation sites (N-methyl/N-ethyl adjacent to an activating group) is 1. The zero-order valence-corrected chi connectivity index (χ0v) is 16.8. The van der Waals surface area contributed by atoms with Gasteiger partial charge in [-0.05, 0) is 19.1 Å². The van der Waals surface area contributed by atoms with Crippen molar-refractivity contribution in [3.8, 4) is 5.75 Å². The summed E-state index contributed by atoms with van der Waals surface area (Å²) in [6.45, 7) is 1.20. The minimum absolute atomic E-state index is 0.0197. The molecular formula is C20H21F3N4O4. The zero-order chi connectivity index (χ0) is 22.4. The Morgan fingerprint density at radius 1 is 1.39 bits per heavy atom. The third kappa shape index (κ3) is 4.15.